The highest BCUT2D eigenvalue weighted by Crippen LogP contribution is 2.24. The smallest absolute Gasteiger partial charge is 0.0628 e. The summed E-state index contributed by atoms with van der Waals surface area (Å²) in [5, 5.41) is 11.7. The molecule has 3 N–H and O–H groups in total. The Labute approximate surface area is 105 Å². The molecule has 0 aliphatic heterocycles. The second kappa shape index (κ2) is 6.97. The van der Waals surface area contributed by atoms with Gasteiger partial charge >= 0.3 is 0 Å². The maximum Gasteiger partial charge on any atom is 0.0628 e. The van der Waals surface area contributed by atoms with E-state index in [-0.39, 0.29) is 11.4 Å². The third-order valence-electron chi connectivity index (χ3n) is 2.16. The molecule has 0 spiro atoms. The zero-order valence-corrected chi connectivity index (χ0v) is 11.2. The van der Waals surface area contributed by atoms with Crippen molar-refractivity contribution in [2.45, 2.75) is 31.0 Å². The number of thioether (sulfide) groups is 1. The van der Waals surface area contributed by atoms with Crippen molar-refractivity contribution in [2.24, 2.45) is 5.73 Å². The minimum atomic E-state index is -0.263. The van der Waals surface area contributed by atoms with E-state index in [1.807, 2.05) is 19.2 Å². The van der Waals surface area contributed by atoms with Crippen molar-refractivity contribution in [2.75, 3.05) is 6.54 Å². The van der Waals surface area contributed by atoms with Crippen molar-refractivity contribution in [3.05, 3.63) is 21.9 Å². The molecule has 0 aromatic carbocycles. The maximum atomic E-state index is 9.37. The lowest BCUT2D eigenvalue weighted by atomic mass is 10.3. The predicted molar refractivity (Wildman–Crippen MR) is 72.7 cm³/mol. The van der Waals surface area contributed by atoms with Gasteiger partial charge in [0.2, 0.25) is 0 Å². The van der Waals surface area contributed by atoms with Crippen molar-refractivity contribution in [3.8, 4) is 11.8 Å². The van der Waals surface area contributed by atoms with E-state index >= 15 is 0 Å². The third kappa shape index (κ3) is 4.58. The quantitative estimate of drug-likeness (QED) is 0.810. The fraction of sp³-hybridized carbons (Fsp3) is 0.500. The lowest BCUT2D eigenvalue weighted by molar-refractivity contribution is 0.196. The molecule has 0 amide bonds. The maximum absolute atomic E-state index is 9.37. The molecule has 88 valence electrons. The highest BCUT2D eigenvalue weighted by Gasteiger charge is 2.09. The van der Waals surface area contributed by atoms with E-state index in [0.29, 0.717) is 6.54 Å². The van der Waals surface area contributed by atoms with Crippen LogP contribution in [-0.4, -0.2) is 23.0 Å². The summed E-state index contributed by atoms with van der Waals surface area (Å²) < 4.78 is 0. The number of aliphatic hydroxyl groups excluding tert-OH is 1. The number of hydrogen-bond donors (Lipinski definition) is 2. The first-order chi connectivity index (χ1) is 7.63. The Morgan fingerprint density at radius 1 is 1.56 bits per heavy atom. The third-order valence-corrected chi connectivity index (χ3v) is 4.67. The highest BCUT2D eigenvalue weighted by atomic mass is 32.2. The zero-order chi connectivity index (χ0) is 12.0. The van der Waals surface area contributed by atoms with E-state index in [1.165, 1.54) is 4.88 Å². The second-order valence-corrected chi connectivity index (χ2v) is 5.93. The Bertz CT molecular complexity index is 376. The Morgan fingerprint density at radius 2 is 2.31 bits per heavy atom. The molecule has 1 aromatic rings. The molecule has 1 heterocycles. The van der Waals surface area contributed by atoms with Gasteiger partial charge in [-0.1, -0.05) is 18.8 Å². The molecule has 2 atom stereocenters. The largest absolute Gasteiger partial charge is 0.392 e. The normalized spacial score (nSPS) is 14.0. The average Bonchev–Trinajstić information content (AvgIpc) is 2.70. The fourth-order valence-corrected chi connectivity index (χ4v) is 2.89. The van der Waals surface area contributed by atoms with E-state index in [1.54, 1.807) is 23.1 Å². The van der Waals surface area contributed by atoms with Gasteiger partial charge in [-0.15, -0.1) is 11.3 Å². The first kappa shape index (κ1) is 13.6. The summed E-state index contributed by atoms with van der Waals surface area (Å²) in [6.07, 6.45) is -0.263. The molecule has 0 aliphatic rings. The summed E-state index contributed by atoms with van der Waals surface area (Å²) in [5.74, 6) is 6.78. The molecule has 0 aliphatic carbocycles. The highest BCUT2D eigenvalue weighted by molar-refractivity contribution is 7.99. The standard InChI is InChI=1S/C12H17NOS2/c1-9(14)10(2)15-8-12-6-11(7-16-12)4-3-5-13/h6-7,9-10,14H,5,8,13H2,1-2H3. The van der Waals surface area contributed by atoms with Gasteiger partial charge in [0.15, 0.2) is 0 Å². The molecule has 4 heteroatoms. The topological polar surface area (TPSA) is 46.2 Å². The van der Waals surface area contributed by atoms with E-state index < -0.39 is 0 Å². The van der Waals surface area contributed by atoms with Crippen LogP contribution < -0.4 is 5.73 Å². The molecule has 2 unspecified atom stereocenters. The minimum Gasteiger partial charge on any atom is -0.392 e. The Hall–Kier alpha value is -0.470. The number of nitrogens with two attached hydrogens (primary N) is 1. The van der Waals surface area contributed by atoms with Crippen LogP contribution in [0.2, 0.25) is 0 Å². The summed E-state index contributed by atoms with van der Waals surface area (Å²) in [5.41, 5.74) is 6.35. The van der Waals surface area contributed by atoms with Crippen LogP contribution in [-0.2, 0) is 5.75 Å². The number of hydrogen-bond acceptors (Lipinski definition) is 4. The summed E-state index contributed by atoms with van der Waals surface area (Å²) in [6.45, 7) is 4.27. The summed E-state index contributed by atoms with van der Waals surface area (Å²) >= 11 is 3.47. The van der Waals surface area contributed by atoms with Gasteiger partial charge in [0.05, 0.1) is 12.6 Å². The molecule has 2 nitrogen and oxygen atoms in total. The zero-order valence-electron chi connectivity index (χ0n) is 9.56. The first-order valence-electron chi connectivity index (χ1n) is 5.19. The van der Waals surface area contributed by atoms with Gasteiger partial charge in [0.1, 0.15) is 0 Å². The van der Waals surface area contributed by atoms with Gasteiger partial charge in [-0.05, 0) is 13.0 Å². The summed E-state index contributed by atoms with van der Waals surface area (Å²) in [4.78, 5) is 1.29. The van der Waals surface area contributed by atoms with Crippen LogP contribution in [0.15, 0.2) is 11.4 Å². The molecular formula is C12H17NOS2. The van der Waals surface area contributed by atoms with Gasteiger partial charge in [0.25, 0.3) is 0 Å². The molecule has 0 saturated heterocycles. The van der Waals surface area contributed by atoms with E-state index in [4.69, 9.17) is 5.73 Å². The van der Waals surface area contributed by atoms with Gasteiger partial charge in [0, 0.05) is 26.8 Å². The van der Waals surface area contributed by atoms with Gasteiger partial charge in [-0.25, -0.2) is 0 Å². The summed E-state index contributed by atoms with van der Waals surface area (Å²) in [7, 11) is 0. The van der Waals surface area contributed by atoms with Crippen molar-refractivity contribution >= 4 is 23.1 Å². The number of rotatable bonds is 4. The summed E-state index contributed by atoms with van der Waals surface area (Å²) in [6, 6.07) is 2.09. The monoisotopic (exact) mass is 255 g/mol. The van der Waals surface area contributed by atoms with Crippen LogP contribution in [0.1, 0.15) is 24.3 Å². The van der Waals surface area contributed by atoms with Gasteiger partial charge < -0.3 is 10.8 Å². The fourth-order valence-electron chi connectivity index (χ4n) is 1.03. The van der Waals surface area contributed by atoms with E-state index in [9.17, 15) is 5.11 Å². The molecule has 0 fully saturated rings. The van der Waals surface area contributed by atoms with Crippen LogP contribution in [0.25, 0.3) is 0 Å². The molecule has 0 saturated carbocycles. The Morgan fingerprint density at radius 3 is 2.94 bits per heavy atom. The van der Waals surface area contributed by atoms with Crippen molar-refractivity contribution in [1.82, 2.24) is 0 Å². The minimum absolute atomic E-state index is 0.263. The lowest BCUT2D eigenvalue weighted by Gasteiger charge is -2.12. The average molecular weight is 255 g/mol. The van der Waals surface area contributed by atoms with Crippen molar-refractivity contribution < 1.29 is 5.11 Å². The number of aliphatic hydroxyl groups is 1. The van der Waals surface area contributed by atoms with Crippen LogP contribution in [0.4, 0.5) is 0 Å². The van der Waals surface area contributed by atoms with E-state index in [0.717, 1.165) is 11.3 Å². The van der Waals surface area contributed by atoms with Crippen molar-refractivity contribution in [3.63, 3.8) is 0 Å². The molecule has 16 heavy (non-hydrogen) atoms. The van der Waals surface area contributed by atoms with E-state index in [2.05, 4.69) is 17.9 Å². The first-order valence-corrected chi connectivity index (χ1v) is 7.12. The van der Waals surface area contributed by atoms with Crippen LogP contribution in [0, 0.1) is 11.8 Å². The van der Waals surface area contributed by atoms with Crippen molar-refractivity contribution in [1.29, 1.82) is 0 Å². The van der Waals surface area contributed by atoms with Crippen LogP contribution in [0.5, 0.6) is 0 Å². The number of thiophene rings is 1. The SMILES string of the molecule is CC(O)C(C)SCc1cc(C#CCN)cs1. The molecule has 0 bridgehead atoms. The Kier molecular flexibility index (Phi) is 5.93. The molecule has 1 rings (SSSR count). The van der Waals surface area contributed by atoms with Gasteiger partial charge in [-0.3, -0.25) is 0 Å². The van der Waals surface area contributed by atoms with Gasteiger partial charge in [-0.2, -0.15) is 11.8 Å². The molecular weight excluding hydrogens is 238 g/mol. The Balaban J connectivity index is 2.46. The molecule has 0 radical (unpaired) electrons. The predicted octanol–water partition coefficient (Wildman–Crippen LogP) is 2.06. The van der Waals surface area contributed by atoms with Crippen LogP contribution in [0.3, 0.4) is 0 Å². The molecule has 1 aromatic heterocycles. The second-order valence-electron chi connectivity index (χ2n) is 3.56. The van der Waals surface area contributed by atoms with Crippen LogP contribution >= 0.6 is 23.1 Å². The lowest BCUT2D eigenvalue weighted by Crippen LogP contribution is -2.15.